The molecule has 0 fully saturated rings. The molecule has 0 saturated heterocycles. The van der Waals surface area contributed by atoms with Crippen molar-refractivity contribution in [3.8, 4) is 11.3 Å². The maximum absolute atomic E-state index is 13.5. The number of rotatable bonds is 4. The predicted molar refractivity (Wildman–Crippen MR) is 99.2 cm³/mol. The van der Waals surface area contributed by atoms with Crippen LogP contribution in [0.3, 0.4) is 0 Å². The van der Waals surface area contributed by atoms with E-state index in [4.69, 9.17) is 17.3 Å². The van der Waals surface area contributed by atoms with Crippen molar-refractivity contribution in [3.63, 3.8) is 0 Å². The lowest BCUT2D eigenvalue weighted by molar-refractivity contribution is 0.623. The molecular formula is C18H15ClFN5O. The topological polar surface area (TPSA) is 86.2 Å². The van der Waals surface area contributed by atoms with Crippen LogP contribution in [0.4, 0.5) is 10.3 Å². The Morgan fingerprint density at radius 1 is 1.31 bits per heavy atom. The molecule has 0 aliphatic carbocycles. The highest BCUT2D eigenvalue weighted by molar-refractivity contribution is 6.30. The molecule has 3 rings (SSSR count). The summed E-state index contributed by atoms with van der Waals surface area (Å²) in [5, 5.41) is 0.0476. The minimum Gasteiger partial charge on any atom is -0.387 e. The number of hydrogen-bond acceptors (Lipinski definition) is 4. The molecule has 0 spiro atoms. The average Bonchev–Trinajstić information content (AvgIpc) is 2.59. The molecule has 0 unspecified atom stereocenters. The average molecular weight is 372 g/mol. The fourth-order valence-electron chi connectivity index (χ4n) is 2.35. The van der Waals surface area contributed by atoms with E-state index in [1.165, 1.54) is 22.8 Å². The van der Waals surface area contributed by atoms with Gasteiger partial charge in [0.25, 0.3) is 11.5 Å². The molecule has 26 heavy (non-hydrogen) atoms. The fraction of sp³-hybridized carbons (Fsp3) is 0.111. The molecule has 132 valence electrons. The summed E-state index contributed by atoms with van der Waals surface area (Å²) in [6, 6.07) is 9.34. The first-order valence-electron chi connectivity index (χ1n) is 7.71. The van der Waals surface area contributed by atoms with E-state index in [1.54, 1.807) is 37.5 Å². The highest BCUT2D eigenvalue weighted by Crippen LogP contribution is 2.18. The molecule has 2 N–H and O–H groups in total. The third-order valence-electron chi connectivity index (χ3n) is 3.55. The minimum atomic E-state index is -0.516. The van der Waals surface area contributed by atoms with Gasteiger partial charge in [0, 0.05) is 24.0 Å². The van der Waals surface area contributed by atoms with Crippen LogP contribution in [0.25, 0.3) is 11.3 Å². The van der Waals surface area contributed by atoms with Gasteiger partial charge in [-0.3, -0.25) is 4.79 Å². The van der Waals surface area contributed by atoms with Crippen molar-refractivity contribution in [2.24, 2.45) is 10.7 Å². The molecule has 8 heteroatoms. The molecule has 6 nitrogen and oxygen atoms in total. The Kier molecular flexibility index (Phi) is 5.09. The zero-order valence-electron chi connectivity index (χ0n) is 13.9. The van der Waals surface area contributed by atoms with Crippen LogP contribution in [0, 0.1) is 5.82 Å². The summed E-state index contributed by atoms with van der Waals surface area (Å²) < 4.78 is 15.0. The van der Waals surface area contributed by atoms with E-state index in [9.17, 15) is 9.18 Å². The molecule has 1 aromatic carbocycles. The van der Waals surface area contributed by atoms with Crippen molar-refractivity contribution in [2.45, 2.75) is 13.5 Å². The van der Waals surface area contributed by atoms with E-state index in [0.717, 1.165) is 0 Å². The Morgan fingerprint density at radius 3 is 2.81 bits per heavy atom. The van der Waals surface area contributed by atoms with Gasteiger partial charge in [0.2, 0.25) is 0 Å². The van der Waals surface area contributed by atoms with E-state index >= 15 is 0 Å². The highest BCUT2D eigenvalue weighted by Gasteiger charge is 2.07. The van der Waals surface area contributed by atoms with Gasteiger partial charge in [-0.1, -0.05) is 17.7 Å². The summed E-state index contributed by atoms with van der Waals surface area (Å²) in [5.41, 5.74) is 7.11. The largest absolute Gasteiger partial charge is 0.387 e. The lowest BCUT2D eigenvalue weighted by atomic mass is 10.2. The van der Waals surface area contributed by atoms with Crippen LogP contribution in [0.15, 0.2) is 58.6 Å². The summed E-state index contributed by atoms with van der Waals surface area (Å²) in [7, 11) is 0. The Bertz CT molecular complexity index is 1040. The summed E-state index contributed by atoms with van der Waals surface area (Å²) in [5.74, 6) is 0.0502. The lowest BCUT2D eigenvalue weighted by Crippen LogP contribution is -2.19. The van der Waals surface area contributed by atoms with E-state index in [0.29, 0.717) is 22.7 Å². The maximum Gasteiger partial charge on any atom is 0.251 e. The number of benzene rings is 1. The lowest BCUT2D eigenvalue weighted by Gasteiger charge is -2.08. The Labute approximate surface area is 153 Å². The highest BCUT2D eigenvalue weighted by atomic mass is 35.5. The zero-order chi connectivity index (χ0) is 18.7. The van der Waals surface area contributed by atoms with Crippen LogP contribution in [0.5, 0.6) is 0 Å². The van der Waals surface area contributed by atoms with Gasteiger partial charge in [-0.15, -0.1) is 0 Å². The van der Waals surface area contributed by atoms with Crippen molar-refractivity contribution in [1.82, 2.24) is 14.5 Å². The number of aliphatic imine (C=N–C) groups is 1. The molecule has 0 bridgehead atoms. The summed E-state index contributed by atoms with van der Waals surface area (Å²) >= 11 is 5.68. The van der Waals surface area contributed by atoms with Crippen molar-refractivity contribution in [3.05, 3.63) is 75.5 Å². The molecular weight excluding hydrogens is 357 g/mol. The normalized spacial score (nSPS) is 11.6. The van der Waals surface area contributed by atoms with Crippen LogP contribution in [-0.4, -0.2) is 20.4 Å². The van der Waals surface area contributed by atoms with Crippen LogP contribution < -0.4 is 11.3 Å². The van der Waals surface area contributed by atoms with Crippen molar-refractivity contribution < 1.29 is 4.39 Å². The van der Waals surface area contributed by atoms with E-state index in [1.807, 2.05) is 0 Å². The molecule has 0 amide bonds. The first-order chi connectivity index (χ1) is 12.4. The van der Waals surface area contributed by atoms with Gasteiger partial charge in [0.1, 0.15) is 5.82 Å². The molecule has 3 aromatic rings. The number of nitrogens with two attached hydrogens (primary N) is 1. The fourth-order valence-corrected chi connectivity index (χ4v) is 2.47. The van der Waals surface area contributed by atoms with E-state index in [2.05, 4.69) is 15.0 Å². The second-order valence-electron chi connectivity index (χ2n) is 5.63. The summed E-state index contributed by atoms with van der Waals surface area (Å²) in [4.78, 5) is 24.7. The van der Waals surface area contributed by atoms with E-state index in [-0.39, 0.29) is 23.1 Å². The molecule has 2 aromatic heterocycles. The Balaban J connectivity index is 1.89. The van der Waals surface area contributed by atoms with Gasteiger partial charge in [0.15, 0.2) is 0 Å². The van der Waals surface area contributed by atoms with Gasteiger partial charge in [-0.25, -0.2) is 14.4 Å². The number of halogens is 2. The second kappa shape index (κ2) is 7.45. The summed E-state index contributed by atoms with van der Waals surface area (Å²) in [6.45, 7) is 1.87. The minimum absolute atomic E-state index is 0.0476. The van der Waals surface area contributed by atoms with Crippen molar-refractivity contribution >= 4 is 23.4 Å². The smallest absolute Gasteiger partial charge is 0.251 e. The molecule has 0 aliphatic heterocycles. The van der Waals surface area contributed by atoms with Gasteiger partial charge in [0.05, 0.1) is 23.1 Å². The molecule has 2 heterocycles. The Hall–Kier alpha value is -3.06. The quantitative estimate of drug-likeness (QED) is 0.563. The molecule has 0 aliphatic rings. The second-order valence-corrected chi connectivity index (χ2v) is 6.03. The number of hydrogen-bond donors (Lipinski definition) is 1. The SMILES string of the molecule is C/C(N)=N\c1nccc(-c2ccn(Cc3ccc(Cl)c(F)c3)c(=O)c2)n1. The third-order valence-corrected chi connectivity index (χ3v) is 3.85. The first kappa shape index (κ1) is 17.8. The van der Waals surface area contributed by atoms with Gasteiger partial charge in [-0.05, 0) is 36.8 Å². The van der Waals surface area contributed by atoms with Crippen molar-refractivity contribution in [2.75, 3.05) is 0 Å². The third kappa shape index (κ3) is 4.12. The van der Waals surface area contributed by atoms with E-state index < -0.39 is 5.82 Å². The number of nitrogens with zero attached hydrogens (tertiary/aromatic N) is 4. The Morgan fingerprint density at radius 2 is 2.12 bits per heavy atom. The number of aromatic nitrogens is 3. The van der Waals surface area contributed by atoms with Gasteiger partial charge < -0.3 is 10.3 Å². The van der Waals surface area contributed by atoms with Gasteiger partial charge >= 0.3 is 0 Å². The molecule has 0 radical (unpaired) electrons. The van der Waals surface area contributed by atoms with Gasteiger partial charge in [-0.2, -0.15) is 4.99 Å². The zero-order valence-corrected chi connectivity index (χ0v) is 14.6. The summed E-state index contributed by atoms with van der Waals surface area (Å²) in [6.07, 6.45) is 3.18. The molecule has 0 saturated carbocycles. The monoisotopic (exact) mass is 371 g/mol. The number of pyridine rings is 1. The maximum atomic E-state index is 13.5. The molecule has 0 atom stereocenters. The van der Waals surface area contributed by atoms with Crippen LogP contribution >= 0.6 is 11.6 Å². The van der Waals surface area contributed by atoms with Crippen LogP contribution in [0.2, 0.25) is 5.02 Å². The van der Waals surface area contributed by atoms with Crippen LogP contribution in [-0.2, 0) is 6.54 Å². The van der Waals surface area contributed by atoms with Crippen molar-refractivity contribution in [1.29, 1.82) is 0 Å². The number of amidine groups is 1. The standard InChI is InChI=1S/C18H15ClFN5O/c1-11(21)23-18-22-6-4-16(24-18)13-5-7-25(17(26)9-13)10-12-2-3-14(19)15(20)8-12/h2-9H,10H2,1H3,(H2,21,22,23,24). The predicted octanol–water partition coefficient (Wildman–Crippen LogP) is 3.15. The van der Waals surface area contributed by atoms with Crippen LogP contribution in [0.1, 0.15) is 12.5 Å². The first-order valence-corrected chi connectivity index (χ1v) is 8.09.